The van der Waals surface area contributed by atoms with Gasteiger partial charge in [0.15, 0.2) is 0 Å². The second-order valence-corrected chi connectivity index (χ2v) is 4.01. The first-order valence-electron chi connectivity index (χ1n) is 3.76. The number of ether oxygens (including phenoxy) is 1. The summed E-state index contributed by atoms with van der Waals surface area (Å²) in [5.74, 6) is 0. The van der Waals surface area contributed by atoms with Crippen molar-refractivity contribution in [2.24, 2.45) is 0 Å². The maximum Gasteiger partial charge on any atom is 0.574 e. The molecule has 0 aliphatic heterocycles. The van der Waals surface area contributed by atoms with Crippen LogP contribution < -0.4 is 4.74 Å². The first-order valence-corrected chi connectivity index (χ1v) is 4.96. The Morgan fingerprint density at radius 2 is 2.07 bits per heavy atom. The Morgan fingerprint density at radius 3 is 2.67 bits per heavy atom. The van der Waals surface area contributed by atoms with Crippen molar-refractivity contribution in [1.82, 2.24) is 4.98 Å². The maximum absolute atomic E-state index is 11.9. The van der Waals surface area contributed by atoms with Gasteiger partial charge in [-0.2, -0.15) is 0 Å². The van der Waals surface area contributed by atoms with Gasteiger partial charge in [0.25, 0.3) is 5.19 Å². The molecule has 0 fully saturated rings. The molecule has 0 saturated heterocycles. The summed E-state index contributed by atoms with van der Waals surface area (Å²) in [6.07, 6.45) is -4.72. The molecule has 2 aromatic rings. The fourth-order valence-electron chi connectivity index (χ4n) is 1.04. The van der Waals surface area contributed by atoms with Crippen molar-refractivity contribution >= 4 is 33.2 Å². The number of nitrogens with zero attached hydrogens (tertiary/aromatic N) is 1. The first kappa shape index (κ1) is 10.5. The largest absolute Gasteiger partial charge is 0.574 e. The highest BCUT2D eigenvalue weighted by atomic mass is 35.5. The number of alkyl halides is 3. The van der Waals surface area contributed by atoms with E-state index in [9.17, 15) is 13.2 Å². The number of hydrogen-bond acceptors (Lipinski definition) is 3. The fourth-order valence-corrected chi connectivity index (χ4v) is 2.17. The number of thiazole rings is 1. The molecular formula is C8H3ClF3NOS. The Morgan fingerprint density at radius 1 is 1.33 bits per heavy atom. The lowest BCUT2D eigenvalue weighted by Gasteiger charge is -2.03. The van der Waals surface area contributed by atoms with Gasteiger partial charge in [0.2, 0.25) is 0 Å². The average molecular weight is 254 g/mol. The molecule has 1 heterocycles. The van der Waals surface area contributed by atoms with E-state index >= 15 is 0 Å². The fraction of sp³-hybridized carbons (Fsp3) is 0.125. The molecule has 1 aromatic carbocycles. The van der Waals surface area contributed by atoms with E-state index in [0.29, 0.717) is 15.2 Å². The van der Waals surface area contributed by atoms with Gasteiger partial charge in [-0.1, -0.05) is 29.0 Å². The normalized spacial score (nSPS) is 12.0. The zero-order chi connectivity index (χ0) is 11.1. The lowest BCUT2D eigenvalue weighted by Crippen LogP contribution is -2.16. The van der Waals surface area contributed by atoms with Gasteiger partial charge in [-0.3, -0.25) is 0 Å². The monoisotopic (exact) mass is 253 g/mol. The van der Waals surface area contributed by atoms with E-state index in [1.165, 1.54) is 0 Å². The molecule has 0 radical (unpaired) electrons. The summed E-state index contributed by atoms with van der Waals surface area (Å²) in [6, 6.07) is 4.82. The molecule has 2 nitrogen and oxygen atoms in total. The van der Waals surface area contributed by atoms with E-state index in [4.69, 9.17) is 11.6 Å². The van der Waals surface area contributed by atoms with Crippen LogP contribution in [0, 0.1) is 0 Å². The van der Waals surface area contributed by atoms with Gasteiger partial charge in [0.1, 0.15) is 5.52 Å². The molecule has 7 heteroatoms. The quantitative estimate of drug-likeness (QED) is 0.770. The van der Waals surface area contributed by atoms with Crippen LogP contribution in [0.4, 0.5) is 13.2 Å². The molecule has 0 aliphatic carbocycles. The van der Waals surface area contributed by atoms with E-state index in [2.05, 4.69) is 9.72 Å². The molecule has 2 rings (SSSR count). The van der Waals surface area contributed by atoms with Crippen molar-refractivity contribution in [3.63, 3.8) is 0 Å². The van der Waals surface area contributed by atoms with Gasteiger partial charge in [-0.25, -0.2) is 4.98 Å². The molecule has 0 amide bonds. The number of hydrogen-bond donors (Lipinski definition) is 0. The second kappa shape index (κ2) is 3.53. The van der Waals surface area contributed by atoms with Crippen molar-refractivity contribution in [3.05, 3.63) is 23.2 Å². The molecule has 80 valence electrons. The van der Waals surface area contributed by atoms with E-state index in [0.717, 1.165) is 11.3 Å². The third-order valence-electron chi connectivity index (χ3n) is 1.55. The maximum atomic E-state index is 11.9. The van der Waals surface area contributed by atoms with E-state index in [1.807, 2.05) is 0 Å². The molecule has 0 N–H and O–H groups in total. The Hall–Kier alpha value is -1.01. The van der Waals surface area contributed by atoms with Gasteiger partial charge < -0.3 is 4.74 Å². The average Bonchev–Trinajstić information content (AvgIpc) is 2.45. The second-order valence-electron chi connectivity index (χ2n) is 2.61. The van der Waals surface area contributed by atoms with E-state index < -0.39 is 11.6 Å². The number of rotatable bonds is 1. The minimum Gasteiger partial charge on any atom is -0.378 e. The van der Waals surface area contributed by atoms with Gasteiger partial charge in [-0.15, -0.1) is 13.2 Å². The van der Waals surface area contributed by atoms with Crippen LogP contribution in [0.2, 0.25) is 5.02 Å². The van der Waals surface area contributed by atoms with Crippen molar-refractivity contribution in [3.8, 4) is 5.19 Å². The zero-order valence-electron chi connectivity index (χ0n) is 7.01. The topological polar surface area (TPSA) is 22.1 Å². The van der Waals surface area contributed by atoms with Crippen LogP contribution in [-0.2, 0) is 0 Å². The smallest absolute Gasteiger partial charge is 0.378 e. The van der Waals surface area contributed by atoms with Gasteiger partial charge in [-0.05, 0) is 12.1 Å². The first-order chi connectivity index (χ1) is 6.96. The van der Waals surface area contributed by atoms with Crippen LogP contribution >= 0.6 is 22.9 Å². The molecule has 0 bridgehead atoms. The van der Waals surface area contributed by atoms with E-state index in [-0.39, 0.29) is 0 Å². The molecule has 1 aromatic heterocycles. The molecule has 15 heavy (non-hydrogen) atoms. The Balaban J connectivity index is 2.44. The highest BCUT2D eigenvalue weighted by Crippen LogP contribution is 2.34. The van der Waals surface area contributed by atoms with Gasteiger partial charge >= 0.3 is 6.36 Å². The summed E-state index contributed by atoms with van der Waals surface area (Å²) in [5.41, 5.74) is 0.323. The third kappa shape index (κ3) is 2.32. The SMILES string of the molecule is FC(F)(F)Oc1nc2c(Cl)cccc2s1. The van der Waals surface area contributed by atoms with Crippen LogP contribution in [-0.4, -0.2) is 11.3 Å². The molecule has 0 unspecified atom stereocenters. The minimum atomic E-state index is -4.72. The predicted octanol–water partition coefficient (Wildman–Crippen LogP) is 3.85. The van der Waals surface area contributed by atoms with Crippen molar-refractivity contribution < 1.29 is 17.9 Å². The summed E-state index contributed by atoms with van der Waals surface area (Å²) in [6.45, 7) is 0. The summed E-state index contributed by atoms with van der Waals surface area (Å²) >= 11 is 6.55. The molecule has 0 atom stereocenters. The number of para-hydroxylation sites is 1. The van der Waals surface area contributed by atoms with Gasteiger partial charge in [0, 0.05) is 0 Å². The lowest BCUT2D eigenvalue weighted by molar-refractivity contribution is -0.274. The van der Waals surface area contributed by atoms with Crippen LogP contribution in [0.1, 0.15) is 0 Å². The van der Waals surface area contributed by atoms with Crippen molar-refractivity contribution in [2.75, 3.05) is 0 Å². The number of benzene rings is 1. The summed E-state index contributed by atoms with van der Waals surface area (Å²) in [4.78, 5) is 3.64. The molecule has 0 aliphatic rings. The van der Waals surface area contributed by atoms with Crippen molar-refractivity contribution in [2.45, 2.75) is 6.36 Å². The molecular weight excluding hydrogens is 251 g/mol. The van der Waals surface area contributed by atoms with Crippen LogP contribution in [0.25, 0.3) is 10.2 Å². The third-order valence-corrected chi connectivity index (χ3v) is 2.76. The van der Waals surface area contributed by atoms with Crippen LogP contribution in [0.15, 0.2) is 18.2 Å². The summed E-state index contributed by atoms with van der Waals surface area (Å²) < 4.78 is 39.9. The molecule has 0 spiro atoms. The summed E-state index contributed by atoms with van der Waals surface area (Å²) in [5, 5.41) is -0.147. The zero-order valence-corrected chi connectivity index (χ0v) is 8.58. The number of halogens is 4. The minimum absolute atomic E-state index is 0.306. The Bertz CT molecular complexity index is 496. The standard InChI is InChI=1S/C8H3ClF3NOS/c9-4-2-1-3-5-6(4)13-7(15-5)14-8(10,11)12/h1-3H. The van der Waals surface area contributed by atoms with Crippen LogP contribution in [0.3, 0.4) is 0 Å². The van der Waals surface area contributed by atoms with E-state index in [1.54, 1.807) is 18.2 Å². The number of fused-ring (bicyclic) bond motifs is 1. The van der Waals surface area contributed by atoms with Crippen molar-refractivity contribution in [1.29, 1.82) is 0 Å². The Labute approximate surface area is 91.3 Å². The number of aromatic nitrogens is 1. The summed E-state index contributed by atoms with van der Waals surface area (Å²) in [7, 11) is 0. The molecule has 0 saturated carbocycles. The highest BCUT2D eigenvalue weighted by Gasteiger charge is 2.32. The lowest BCUT2D eigenvalue weighted by atomic mass is 10.3. The highest BCUT2D eigenvalue weighted by molar-refractivity contribution is 7.20. The predicted molar refractivity (Wildman–Crippen MR) is 51.3 cm³/mol. The van der Waals surface area contributed by atoms with Crippen LogP contribution in [0.5, 0.6) is 5.19 Å². The Kier molecular flexibility index (Phi) is 2.47. The van der Waals surface area contributed by atoms with Gasteiger partial charge in [0.05, 0.1) is 9.72 Å².